The van der Waals surface area contributed by atoms with Crippen LogP contribution in [0.1, 0.15) is 40.5 Å². The first-order valence-corrected chi connectivity index (χ1v) is 5.30. The zero-order valence-corrected chi connectivity index (χ0v) is 10.0. The fraction of sp³-hybridized carbons (Fsp3) is 0.818. The summed E-state index contributed by atoms with van der Waals surface area (Å²) in [6.45, 7) is 8.23. The summed E-state index contributed by atoms with van der Waals surface area (Å²) in [4.78, 5) is 21.3. The topological polar surface area (TPSA) is 55.4 Å². The first-order chi connectivity index (χ1) is 6.90. The van der Waals surface area contributed by atoms with Gasteiger partial charge in [0.1, 0.15) is 11.9 Å². The molecule has 0 aromatic carbocycles. The van der Waals surface area contributed by atoms with Crippen molar-refractivity contribution in [3.8, 4) is 0 Å². The van der Waals surface area contributed by atoms with E-state index >= 15 is 0 Å². The molecule has 0 spiro atoms. The van der Waals surface area contributed by atoms with E-state index < -0.39 is 11.7 Å². The normalized spacial score (nSPS) is 11.3. The highest BCUT2D eigenvalue weighted by atomic mass is 16.6. The van der Waals surface area contributed by atoms with Gasteiger partial charge in [-0.25, -0.2) is 4.79 Å². The molecule has 0 saturated heterocycles. The van der Waals surface area contributed by atoms with Crippen LogP contribution in [-0.4, -0.2) is 24.5 Å². The highest BCUT2D eigenvalue weighted by Crippen LogP contribution is 2.20. The van der Waals surface area contributed by atoms with Gasteiger partial charge in [0.15, 0.2) is 0 Å². The summed E-state index contributed by atoms with van der Waals surface area (Å²) >= 11 is 0. The Kier molecular flexibility index (Phi) is 5.97. The van der Waals surface area contributed by atoms with Gasteiger partial charge in [-0.05, 0) is 26.2 Å². The molecule has 0 bridgehead atoms. The average molecular weight is 215 g/mol. The van der Waals surface area contributed by atoms with Crippen LogP contribution in [-0.2, 0) is 9.53 Å². The number of alkyl carbamates (subject to hydrolysis) is 1. The van der Waals surface area contributed by atoms with Crippen molar-refractivity contribution in [3.63, 3.8) is 0 Å². The standard InChI is InChI=1S/C11H21NO3/c1-9(2)11(3,4)15-10(14)12-7-5-6-8-13/h8-9H,5-7H2,1-4H3,(H,12,14). The molecule has 0 rings (SSSR count). The van der Waals surface area contributed by atoms with E-state index in [0.29, 0.717) is 19.4 Å². The van der Waals surface area contributed by atoms with Crippen molar-refractivity contribution in [2.45, 2.75) is 46.1 Å². The van der Waals surface area contributed by atoms with Crippen molar-refractivity contribution in [2.24, 2.45) is 5.92 Å². The number of nitrogens with one attached hydrogen (secondary N) is 1. The Labute approximate surface area is 91.4 Å². The molecular weight excluding hydrogens is 194 g/mol. The largest absolute Gasteiger partial charge is 0.443 e. The Morgan fingerprint density at radius 2 is 2.07 bits per heavy atom. The Balaban J connectivity index is 3.78. The zero-order chi connectivity index (χ0) is 11.9. The fourth-order valence-corrected chi connectivity index (χ4v) is 0.769. The molecule has 0 saturated carbocycles. The van der Waals surface area contributed by atoms with Gasteiger partial charge in [0.25, 0.3) is 0 Å². The number of carbonyl (C=O) groups excluding carboxylic acids is 2. The van der Waals surface area contributed by atoms with E-state index in [0.717, 1.165) is 6.29 Å². The molecule has 15 heavy (non-hydrogen) atoms. The number of aldehydes is 1. The highest BCUT2D eigenvalue weighted by Gasteiger charge is 2.26. The van der Waals surface area contributed by atoms with Crippen molar-refractivity contribution in [1.82, 2.24) is 5.32 Å². The maximum Gasteiger partial charge on any atom is 0.407 e. The van der Waals surface area contributed by atoms with Crippen LogP contribution in [0.5, 0.6) is 0 Å². The van der Waals surface area contributed by atoms with Gasteiger partial charge in [-0.15, -0.1) is 0 Å². The molecule has 0 aromatic rings. The van der Waals surface area contributed by atoms with Gasteiger partial charge < -0.3 is 14.8 Å². The molecule has 88 valence electrons. The van der Waals surface area contributed by atoms with Gasteiger partial charge in [0.05, 0.1) is 0 Å². The number of rotatable bonds is 6. The third-order valence-electron chi connectivity index (χ3n) is 2.51. The molecular formula is C11H21NO3. The molecule has 1 N–H and O–H groups in total. The maximum absolute atomic E-state index is 11.3. The number of unbranched alkanes of at least 4 members (excludes halogenated alkanes) is 1. The minimum absolute atomic E-state index is 0.262. The van der Waals surface area contributed by atoms with Crippen molar-refractivity contribution >= 4 is 12.4 Å². The lowest BCUT2D eigenvalue weighted by Gasteiger charge is -2.29. The van der Waals surface area contributed by atoms with E-state index in [1.807, 2.05) is 27.7 Å². The average Bonchev–Trinajstić information content (AvgIpc) is 2.11. The SMILES string of the molecule is CC(C)C(C)(C)OC(=O)NCCCC=O. The molecule has 1 amide bonds. The second-order valence-corrected chi connectivity index (χ2v) is 4.38. The monoisotopic (exact) mass is 215 g/mol. The molecule has 0 aliphatic heterocycles. The smallest absolute Gasteiger partial charge is 0.407 e. The predicted molar refractivity (Wildman–Crippen MR) is 58.7 cm³/mol. The van der Waals surface area contributed by atoms with Gasteiger partial charge in [-0.1, -0.05) is 13.8 Å². The Morgan fingerprint density at radius 3 is 2.53 bits per heavy atom. The lowest BCUT2D eigenvalue weighted by molar-refractivity contribution is -0.107. The second-order valence-electron chi connectivity index (χ2n) is 4.38. The van der Waals surface area contributed by atoms with Crippen LogP contribution in [0.15, 0.2) is 0 Å². The number of carbonyl (C=O) groups is 2. The number of amides is 1. The van der Waals surface area contributed by atoms with Crippen molar-refractivity contribution in [3.05, 3.63) is 0 Å². The Bertz CT molecular complexity index is 212. The summed E-state index contributed by atoms with van der Waals surface area (Å²) in [5, 5.41) is 2.61. The van der Waals surface area contributed by atoms with Crippen LogP contribution in [0.2, 0.25) is 0 Å². The van der Waals surface area contributed by atoms with Crippen LogP contribution in [0.3, 0.4) is 0 Å². The van der Waals surface area contributed by atoms with Crippen molar-refractivity contribution in [2.75, 3.05) is 6.54 Å². The molecule has 0 aliphatic carbocycles. The number of hydrogen-bond acceptors (Lipinski definition) is 3. The van der Waals surface area contributed by atoms with Crippen LogP contribution in [0.25, 0.3) is 0 Å². The summed E-state index contributed by atoms with van der Waals surface area (Å²) in [5.74, 6) is 0.262. The number of hydrogen-bond donors (Lipinski definition) is 1. The Morgan fingerprint density at radius 1 is 1.47 bits per heavy atom. The van der Waals surface area contributed by atoms with Gasteiger partial charge in [0, 0.05) is 13.0 Å². The second kappa shape index (κ2) is 6.43. The lowest BCUT2D eigenvalue weighted by atomic mass is 9.95. The molecule has 0 radical (unpaired) electrons. The van der Waals surface area contributed by atoms with E-state index in [1.165, 1.54) is 0 Å². The highest BCUT2D eigenvalue weighted by molar-refractivity contribution is 5.67. The van der Waals surface area contributed by atoms with E-state index in [1.54, 1.807) is 0 Å². The molecule has 0 fully saturated rings. The van der Waals surface area contributed by atoms with Crippen LogP contribution in [0, 0.1) is 5.92 Å². The number of ether oxygens (including phenoxy) is 1. The molecule has 0 aliphatic rings. The van der Waals surface area contributed by atoms with Gasteiger partial charge >= 0.3 is 6.09 Å². The summed E-state index contributed by atoms with van der Waals surface area (Å²) in [7, 11) is 0. The third kappa shape index (κ3) is 6.10. The molecule has 4 heteroatoms. The first kappa shape index (κ1) is 13.9. The summed E-state index contributed by atoms with van der Waals surface area (Å²) in [5.41, 5.74) is -0.464. The molecule has 4 nitrogen and oxygen atoms in total. The van der Waals surface area contributed by atoms with Crippen molar-refractivity contribution < 1.29 is 14.3 Å². The minimum Gasteiger partial charge on any atom is -0.443 e. The molecule has 0 heterocycles. The summed E-state index contributed by atoms with van der Waals surface area (Å²) < 4.78 is 5.24. The van der Waals surface area contributed by atoms with E-state index in [2.05, 4.69) is 5.32 Å². The molecule has 0 atom stereocenters. The van der Waals surface area contributed by atoms with E-state index in [4.69, 9.17) is 4.74 Å². The zero-order valence-electron chi connectivity index (χ0n) is 10.0. The van der Waals surface area contributed by atoms with E-state index in [9.17, 15) is 9.59 Å². The van der Waals surface area contributed by atoms with Gasteiger partial charge in [-0.2, -0.15) is 0 Å². The molecule has 0 aromatic heterocycles. The molecule has 0 unspecified atom stereocenters. The van der Waals surface area contributed by atoms with Crippen LogP contribution in [0.4, 0.5) is 4.79 Å². The van der Waals surface area contributed by atoms with Gasteiger partial charge in [0.2, 0.25) is 0 Å². The predicted octanol–water partition coefficient (Wildman–Crippen LogP) is 2.13. The quantitative estimate of drug-likeness (QED) is 0.545. The maximum atomic E-state index is 11.3. The Hall–Kier alpha value is -1.06. The summed E-state index contributed by atoms with van der Waals surface area (Å²) in [6.07, 6.45) is 1.54. The van der Waals surface area contributed by atoms with Crippen LogP contribution >= 0.6 is 0 Å². The summed E-state index contributed by atoms with van der Waals surface area (Å²) in [6, 6.07) is 0. The van der Waals surface area contributed by atoms with Crippen LogP contribution < -0.4 is 5.32 Å². The third-order valence-corrected chi connectivity index (χ3v) is 2.51. The lowest BCUT2D eigenvalue weighted by Crippen LogP contribution is -2.38. The minimum atomic E-state index is -0.464. The van der Waals surface area contributed by atoms with Gasteiger partial charge in [-0.3, -0.25) is 0 Å². The fourth-order valence-electron chi connectivity index (χ4n) is 0.769. The first-order valence-electron chi connectivity index (χ1n) is 5.30. The van der Waals surface area contributed by atoms with E-state index in [-0.39, 0.29) is 5.92 Å². The van der Waals surface area contributed by atoms with Crippen molar-refractivity contribution in [1.29, 1.82) is 0 Å².